The van der Waals surface area contributed by atoms with Crippen molar-refractivity contribution in [2.24, 2.45) is 4.99 Å². The van der Waals surface area contributed by atoms with Crippen LogP contribution >= 0.6 is 23.4 Å². The zero-order valence-corrected chi connectivity index (χ0v) is 21.1. The Morgan fingerprint density at radius 2 is 1.74 bits per heavy atom. The number of halogens is 3. The van der Waals surface area contributed by atoms with E-state index in [-0.39, 0.29) is 35.4 Å². The summed E-state index contributed by atoms with van der Waals surface area (Å²) in [5, 5.41) is 11.2. The molecule has 1 atom stereocenters. The van der Waals surface area contributed by atoms with Crippen LogP contribution in [-0.2, 0) is 16.1 Å². The van der Waals surface area contributed by atoms with Crippen molar-refractivity contribution >= 4 is 57.7 Å². The van der Waals surface area contributed by atoms with Crippen molar-refractivity contribution in [1.82, 2.24) is 4.90 Å². The normalized spacial score (nSPS) is 16.8. The van der Waals surface area contributed by atoms with Gasteiger partial charge in [-0.2, -0.15) is 0 Å². The highest BCUT2D eigenvalue weighted by molar-refractivity contribution is 8.15. The number of amides is 2. The summed E-state index contributed by atoms with van der Waals surface area (Å²) in [7, 11) is 0. The number of thioether (sulfide) groups is 1. The van der Waals surface area contributed by atoms with Crippen molar-refractivity contribution < 1.29 is 33.0 Å². The Morgan fingerprint density at radius 3 is 2.34 bits per heavy atom. The number of carbonyl (C=O) groups excluding carboxylic acids is 2. The highest BCUT2D eigenvalue weighted by Crippen LogP contribution is 2.32. The molecule has 3 aromatic carbocycles. The number of aromatic carboxylic acids is 1. The molecule has 0 unspecified atom stereocenters. The minimum atomic E-state index is -3.86. The van der Waals surface area contributed by atoms with Crippen LogP contribution in [-0.4, -0.2) is 43.8 Å². The Balaban J connectivity index is 1.56. The van der Waals surface area contributed by atoms with Crippen LogP contribution < -0.4 is 10.1 Å². The van der Waals surface area contributed by atoms with E-state index in [1.807, 2.05) is 30.3 Å². The Kier molecular flexibility index (Phi) is 8.28. The van der Waals surface area contributed by atoms with Gasteiger partial charge in [-0.25, -0.2) is 9.79 Å². The fraction of sp³-hybridized carbons (Fsp3) is 0.154. The standard InChI is InChI=1S/C26H20ClF2N3O5S/c27-26(28,29)37-20-12-10-19(11-13-20)31-25-32(15-16-4-2-1-3-5-16)22(33)14-21(38-25)23(34)30-18-8-6-17(7-9-18)24(35)36/h1-13,21H,14-15H2,(H,30,34)(H,35,36)/t21-/m1/s1. The topological polar surface area (TPSA) is 108 Å². The first kappa shape index (κ1) is 27.1. The SMILES string of the molecule is O=C(O)c1ccc(NC(=O)[C@H]2CC(=O)N(Cc3ccccc3)C(=Nc3ccc(OC(F)(F)Cl)cc3)S2)cc1. The van der Waals surface area contributed by atoms with E-state index in [0.717, 1.165) is 17.3 Å². The summed E-state index contributed by atoms with van der Waals surface area (Å²) >= 11 is 5.89. The molecule has 4 rings (SSSR count). The zero-order valence-electron chi connectivity index (χ0n) is 19.5. The fourth-order valence-corrected chi connectivity index (χ4v) is 4.70. The molecule has 1 saturated heterocycles. The highest BCUT2D eigenvalue weighted by Gasteiger charge is 2.36. The van der Waals surface area contributed by atoms with Gasteiger partial charge in [-0.15, -0.1) is 8.78 Å². The van der Waals surface area contributed by atoms with Crippen LogP contribution in [0.25, 0.3) is 0 Å². The summed E-state index contributed by atoms with van der Waals surface area (Å²) in [6, 6.07) is 20.2. The van der Waals surface area contributed by atoms with E-state index in [4.69, 9.17) is 16.7 Å². The number of amidine groups is 1. The molecule has 0 spiro atoms. The van der Waals surface area contributed by atoms with Gasteiger partial charge in [-0.1, -0.05) is 42.1 Å². The molecule has 1 aliphatic heterocycles. The molecular formula is C26H20ClF2N3O5S. The molecule has 3 aromatic rings. The van der Waals surface area contributed by atoms with Crippen molar-refractivity contribution in [1.29, 1.82) is 0 Å². The van der Waals surface area contributed by atoms with Gasteiger partial charge < -0.3 is 15.2 Å². The molecule has 196 valence electrons. The van der Waals surface area contributed by atoms with Gasteiger partial charge in [0.25, 0.3) is 0 Å². The number of carboxylic acid groups (broad SMARTS) is 1. The van der Waals surface area contributed by atoms with E-state index in [2.05, 4.69) is 15.0 Å². The lowest BCUT2D eigenvalue weighted by molar-refractivity contribution is -0.129. The third kappa shape index (κ3) is 7.30. The van der Waals surface area contributed by atoms with Crippen LogP contribution in [0.4, 0.5) is 20.2 Å². The van der Waals surface area contributed by atoms with Gasteiger partial charge in [0, 0.05) is 23.7 Å². The van der Waals surface area contributed by atoms with Gasteiger partial charge in [-0.3, -0.25) is 14.5 Å². The number of alkyl halides is 3. The molecule has 2 N–H and O–H groups in total. The van der Waals surface area contributed by atoms with E-state index in [9.17, 15) is 23.2 Å². The average Bonchev–Trinajstić information content (AvgIpc) is 2.87. The number of rotatable bonds is 8. The Bertz CT molecular complexity index is 1350. The molecule has 0 radical (unpaired) electrons. The van der Waals surface area contributed by atoms with Crippen LogP contribution in [0, 0.1) is 0 Å². The van der Waals surface area contributed by atoms with Gasteiger partial charge in [0.05, 0.1) is 17.8 Å². The predicted octanol–water partition coefficient (Wildman–Crippen LogP) is 5.71. The lowest BCUT2D eigenvalue weighted by Gasteiger charge is -2.32. The third-order valence-corrected chi connectivity index (χ3v) is 6.57. The van der Waals surface area contributed by atoms with Crippen molar-refractivity contribution in [3.63, 3.8) is 0 Å². The highest BCUT2D eigenvalue weighted by atomic mass is 35.5. The van der Waals surface area contributed by atoms with E-state index < -0.39 is 22.7 Å². The van der Waals surface area contributed by atoms with Gasteiger partial charge in [-0.05, 0) is 54.1 Å². The minimum absolute atomic E-state index is 0.0716. The predicted molar refractivity (Wildman–Crippen MR) is 140 cm³/mol. The van der Waals surface area contributed by atoms with E-state index in [0.29, 0.717) is 11.4 Å². The number of carbonyl (C=O) groups is 3. The van der Waals surface area contributed by atoms with Crippen LogP contribution in [0.3, 0.4) is 0 Å². The van der Waals surface area contributed by atoms with Gasteiger partial charge in [0.2, 0.25) is 11.8 Å². The van der Waals surface area contributed by atoms with Gasteiger partial charge in [0.15, 0.2) is 5.17 Å². The molecule has 8 nitrogen and oxygen atoms in total. The quantitative estimate of drug-likeness (QED) is 0.342. The molecule has 0 aromatic heterocycles. The van der Waals surface area contributed by atoms with E-state index in [1.54, 1.807) is 0 Å². The summed E-state index contributed by atoms with van der Waals surface area (Å²) < 4.78 is 30.2. The van der Waals surface area contributed by atoms with E-state index in [1.165, 1.54) is 53.4 Å². The summed E-state index contributed by atoms with van der Waals surface area (Å²) in [6.07, 6.45) is -0.0901. The average molecular weight is 560 g/mol. The molecule has 38 heavy (non-hydrogen) atoms. The number of nitrogens with zero attached hydrogens (tertiary/aromatic N) is 2. The summed E-state index contributed by atoms with van der Waals surface area (Å²) in [4.78, 5) is 43.2. The van der Waals surface area contributed by atoms with Crippen LogP contribution in [0.2, 0.25) is 0 Å². The summed E-state index contributed by atoms with van der Waals surface area (Å²) in [5.74, 6) is -2.04. The van der Waals surface area contributed by atoms with Gasteiger partial charge in [0.1, 0.15) is 11.0 Å². The molecule has 1 heterocycles. The third-order valence-electron chi connectivity index (χ3n) is 5.31. The Morgan fingerprint density at radius 1 is 1.08 bits per heavy atom. The van der Waals surface area contributed by atoms with Crippen molar-refractivity contribution in [3.8, 4) is 5.75 Å². The maximum atomic E-state index is 13.2. The maximum absolute atomic E-state index is 13.2. The smallest absolute Gasteiger partial charge is 0.478 e. The van der Waals surface area contributed by atoms with Crippen molar-refractivity contribution in [2.45, 2.75) is 23.8 Å². The summed E-state index contributed by atoms with van der Waals surface area (Å²) in [5.41, 5.74) is -2.22. The van der Waals surface area contributed by atoms with E-state index >= 15 is 0 Å². The number of nitrogens with one attached hydrogen (secondary N) is 1. The Labute approximate surface area is 225 Å². The lowest BCUT2D eigenvalue weighted by Crippen LogP contribution is -2.44. The first-order valence-electron chi connectivity index (χ1n) is 11.2. The minimum Gasteiger partial charge on any atom is -0.478 e. The molecule has 0 bridgehead atoms. The second-order valence-electron chi connectivity index (χ2n) is 8.08. The van der Waals surface area contributed by atoms with Gasteiger partial charge >= 0.3 is 11.5 Å². The second-order valence-corrected chi connectivity index (χ2v) is 9.69. The number of hydrogen-bond acceptors (Lipinski definition) is 6. The number of aliphatic imine (C=N–C) groups is 1. The number of carboxylic acids is 1. The number of anilines is 1. The molecule has 12 heteroatoms. The molecule has 1 fully saturated rings. The molecule has 0 aliphatic carbocycles. The van der Waals surface area contributed by atoms with Crippen molar-refractivity contribution in [2.75, 3.05) is 5.32 Å². The first-order chi connectivity index (χ1) is 18.1. The monoisotopic (exact) mass is 559 g/mol. The largest absolute Gasteiger partial charge is 0.487 e. The maximum Gasteiger partial charge on any atom is 0.487 e. The molecule has 0 saturated carbocycles. The van der Waals surface area contributed by atoms with Crippen LogP contribution in [0.1, 0.15) is 22.3 Å². The van der Waals surface area contributed by atoms with Crippen molar-refractivity contribution in [3.05, 3.63) is 90.0 Å². The fourth-order valence-electron chi connectivity index (χ4n) is 3.51. The molecule has 1 aliphatic rings. The second kappa shape index (κ2) is 11.6. The lowest BCUT2D eigenvalue weighted by atomic mass is 10.2. The first-order valence-corrected chi connectivity index (χ1v) is 12.4. The summed E-state index contributed by atoms with van der Waals surface area (Å²) in [6.45, 7) is 0.218. The number of hydrogen-bond donors (Lipinski definition) is 2. The number of benzene rings is 3. The zero-order chi connectivity index (χ0) is 27.3. The van der Waals surface area contributed by atoms with Crippen LogP contribution in [0.5, 0.6) is 5.75 Å². The van der Waals surface area contributed by atoms with Crippen LogP contribution in [0.15, 0.2) is 83.9 Å². The Hall–Kier alpha value is -3.96. The number of ether oxygens (including phenoxy) is 1. The molecule has 2 amide bonds. The molecular weight excluding hydrogens is 540 g/mol.